The Labute approximate surface area is 121 Å². The summed E-state index contributed by atoms with van der Waals surface area (Å²) in [7, 11) is 1.65. The number of carbonyl (C=O) groups excluding carboxylic acids is 1. The number of amides is 1. The molecule has 1 heterocycles. The van der Waals surface area contributed by atoms with Crippen molar-refractivity contribution >= 4 is 5.91 Å². The van der Waals surface area contributed by atoms with Crippen molar-refractivity contribution in [3.05, 3.63) is 29.8 Å². The number of hydrogen-bond donors (Lipinski definition) is 1. The second-order valence-corrected chi connectivity index (χ2v) is 6.59. The van der Waals surface area contributed by atoms with Crippen molar-refractivity contribution in [2.45, 2.75) is 39.9 Å². The lowest BCUT2D eigenvalue weighted by Crippen LogP contribution is -2.37. The predicted octanol–water partition coefficient (Wildman–Crippen LogP) is 2.56. The van der Waals surface area contributed by atoms with E-state index in [2.05, 4.69) is 26.1 Å². The summed E-state index contributed by atoms with van der Waals surface area (Å²) in [5, 5.41) is 3.37. The van der Waals surface area contributed by atoms with Gasteiger partial charge in [0.2, 0.25) is 5.91 Å². The summed E-state index contributed by atoms with van der Waals surface area (Å²) in [5.74, 6) is 0.995. The van der Waals surface area contributed by atoms with Crippen LogP contribution in [0.1, 0.15) is 39.4 Å². The van der Waals surface area contributed by atoms with Gasteiger partial charge in [0.05, 0.1) is 13.2 Å². The van der Waals surface area contributed by atoms with Gasteiger partial charge in [0.15, 0.2) is 0 Å². The van der Waals surface area contributed by atoms with Crippen LogP contribution >= 0.6 is 0 Å². The van der Waals surface area contributed by atoms with Crippen molar-refractivity contribution in [3.63, 3.8) is 0 Å². The van der Waals surface area contributed by atoms with Crippen LogP contribution in [0.5, 0.6) is 5.75 Å². The quantitative estimate of drug-likeness (QED) is 0.922. The maximum absolute atomic E-state index is 12.3. The number of hydrogen-bond acceptors (Lipinski definition) is 3. The van der Waals surface area contributed by atoms with E-state index in [1.54, 1.807) is 7.11 Å². The van der Waals surface area contributed by atoms with E-state index in [-0.39, 0.29) is 23.5 Å². The van der Waals surface area contributed by atoms with Crippen LogP contribution < -0.4 is 10.1 Å². The Bertz CT molecular complexity index is 476. The average molecular weight is 276 g/mol. The molecule has 1 amide bonds. The van der Waals surface area contributed by atoms with Crippen LogP contribution in [0.25, 0.3) is 0 Å². The van der Waals surface area contributed by atoms with Gasteiger partial charge in [-0.05, 0) is 30.0 Å². The molecule has 4 heteroatoms. The van der Waals surface area contributed by atoms with Crippen molar-refractivity contribution in [1.82, 2.24) is 10.2 Å². The van der Waals surface area contributed by atoms with E-state index in [1.807, 2.05) is 36.1 Å². The molecule has 0 radical (unpaired) electrons. The molecule has 0 aromatic heterocycles. The molecule has 20 heavy (non-hydrogen) atoms. The Morgan fingerprint density at radius 3 is 2.35 bits per heavy atom. The van der Waals surface area contributed by atoms with E-state index in [0.29, 0.717) is 0 Å². The molecule has 1 aromatic rings. The minimum Gasteiger partial charge on any atom is -0.497 e. The van der Waals surface area contributed by atoms with Crippen LogP contribution in [0.2, 0.25) is 0 Å². The molecule has 2 unspecified atom stereocenters. The summed E-state index contributed by atoms with van der Waals surface area (Å²) < 4.78 is 5.18. The molecule has 0 saturated carbocycles. The average Bonchev–Trinajstić information content (AvgIpc) is 2.65. The van der Waals surface area contributed by atoms with Gasteiger partial charge >= 0.3 is 0 Å². The van der Waals surface area contributed by atoms with Gasteiger partial charge in [0.25, 0.3) is 0 Å². The molecular weight excluding hydrogens is 252 g/mol. The van der Waals surface area contributed by atoms with Gasteiger partial charge in [-0.25, -0.2) is 0 Å². The first-order valence-corrected chi connectivity index (χ1v) is 7.02. The van der Waals surface area contributed by atoms with Crippen molar-refractivity contribution in [1.29, 1.82) is 0 Å². The zero-order chi connectivity index (χ0) is 14.9. The van der Waals surface area contributed by atoms with Crippen LogP contribution in [0, 0.1) is 5.41 Å². The summed E-state index contributed by atoms with van der Waals surface area (Å²) in [6.07, 6.45) is -0.0531. The highest BCUT2D eigenvalue weighted by molar-refractivity contribution is 5.84. The molecule has 0 bridgehead atoms. The molecule has 1 saturated heterocycles. The third kappa shape index (κ3) is 3.12. The third-order valence-electron chi connectivity index (χ3n) is 3.45. The van der Waals surface area contributed by atoms with Gasteiger partial charge in [-0.2, -0.15) is 0 Å². The zero-order valence-electron chi connectivity index (χ0n) is 12.9. The predicted molar refractivity (Wildman–Crippen MR) is 79.5 cm³/mol. The second kappa shape index (κ2) is 5.44. The van der Waals surface area contributed by atoms with Crippen LogP contribution in [0.4, 0.5) is 0 Å². The van der Waals surface area contributed by atoms with E-state index in [9.17, 15) is 4.79 Å². The van der Waals surface area contributed by atoms with E-state index >= 15 is 0 Å². The molecule has 1 aromatic carbocycles. The van der Waals surface area contributed by atoms with Crippen molar-refractivity contribution in [2.24, 2.45) is 5.41 Å². The summed E-state index contributed by atoms with van der Waals surface area (Å²) in [6.45, 7) is 9.10. The van der Waals surface area contributed by atoms with Crippen molar-refractivity contribution in [2.75, 3.05) is 13.7 Å². The fourth-order valence-electron chi connectivity index (χ4n) is 2.52. The Hall–Kier alpha value is -1.55. The summed E-state index contributed by atoms with van der Waals surface area (Å²) >= 11 is 0. The number of nitrogens with zero attached hydrogens (tertiary/aromatic N) is 1. The van der Waals surface area contributed by atoms with E-state index in [4.69, 9.17) is 4.74 Å². The largest absolute Gasteiger partial charge is 0.497 e. The Balaban J connectivity index is 2.25. The maximum Gasteiger partial charge on any atom is 0.241 e. The van der Waals surface area contributed by atoms with Gasteiger partial charge in [0, 0.05) is 6.54 Å². The number of carbonyl (C=O) groups is 1. The Morgan fingerprint density at radius 2 is 1.85 bits per heavy atom. The molecule has 0 aliphatic carbocycles. The van der Waals surface area contributed by atoms with Gasteiger partial charge in [-0.3, -0.25) is 10.1 Å². The standard InChI is InChI=1S/C16H24N2O2/c1-11-15(19)18(10-16(2,3)4)14(17-11)12-6-8-13(20-5)9-7-12/h6-9,11,14,17H,10H2,1-5H3. The maximum atomic E-state index is 12.3. The highest BCUT2D eigenvalue weighted by atomic mass is 16.5. The Kier molecular flexibility index (Phi) is 4.04. The monoisotopic (exact) mass is 276 g/mol. The molecule has 2 atom stereocenters. The minimum absolute atomic E-state index is 0.0531. The number of methoxy groups -OCH3 is 1. The SMILES string of the molecule is COc1ccc(C2NC(C)C(=O)N2CC(C)(C)C)cc1. The number of rotatable bonds is 3. The van der Waals surface area contributed by atoms with Crippen LogP contribution in [0.3, 0.4) is 0 Å². The van der Waals surface area contributed by atoms with Gasteiger partial charge in [0.1, 0.15) is 11.9 Å². The lowest BCUT2D eigenvalue weighted by molar-refractivity contribution is -0.131. The summed E-state index contributed by atoms with van der Waals surface area (Å²) in [4.78, 5) is 14.3. The molecule has 110 valence electrons. The second-order valence-electron chi connectivity index (χ2n) is 6.59. The fraction of sp³-hybridized carbons (Fsp3) is 0.562. The molecule has 2 rings (SSSR count). The number of benzene rings is 1. The molecule has 1 N–H and O–H groups in total. The fourth-order valence-corrected chi connectivity index (χ4v) is 2.52. The third-order valence-corrected chi connectivity index (χ3v) is 3.45. The zero-order valence-corrected chi connectivity index (χ0v) is 12.9. The molecular formula is C16H24N2O2. The molecule has 4 nitrogen and oxygen atoms in total. The molecule has 0 spiro atoms. The first kappa shape index (κ1) is 14.9. The summed E-state index contributed by atoms with van der Waals surface area (Å²) in [5.41, 5.74) is 1.17. The normalized spacial score (nSPS) is 23.2. The first-order chi connectivity index (χ1) is 9.31. The highest BCUT2D eigenvalue weighted by Crippen LogP contribution is 2.30. The molecule has 1 fully saturated rings. The lowest BCUT2D eigenvalue weighted by atomic mass is 9.95. The Morgan fingerprint density at radius 1 is 1.25 bits per heavy atom. The van der Waals surface area contributed by atoms with E-state index in [1.165, 1.54) is 0 Å². The van der Waals surface area contributed by atoms with Gasteiger partial charge < -0.3 is 9.64 Å². The molecule has 1 aliphatic heterocycles. The number of nitrogens with one attached hydrogen (secondary N) is 1. The lowest BCUT2D eigenvalue weighted by Gasteiger charge is -2.31. The van der Waals surface area contributed by atoms with Gasteiger partial charge in [-0.1, -0.05) is 32.9 Å². The van der Waals surface area contributed by atoms with E-state index in [0.717, 1.165) is 17.9 Å². The smallest absolute Gasteiger partial charge is 0.241 e. The number of ether oxygens (including phenoxy) is 1. The van der Waals surface area contributed by atoms with Crippen LogP contribution in [0.15, 0.2) is 24.3 Å². The van der Waals surface area contributed by atoms with Crippen molar-refractivity contribution in [3.8, 4) is 5.75 Å². The van der Waals surface area contributed by atoms with E-state index < -0.39 is 0 Å². The van der Waals surface area contributed by atoms with Crippen molar-refractivity contribution < 1.29 is 9.53 Å². The minimum atomic E-state index is -0.135. The highest BCUT2D eigenvalue weighted by Gasteiger charge is 2.38. The van der Waals surface area contributed by atoms with Crippen LogP contribution in [-0.4, -0.2) is 30.5 Å². The first-order valence-electron chi connectivity index (χ1n) is 7.02. The molecule has 1 aliphatic rings. The summed E-state index contributed by atoms with van der Waals surface area (Å²) in [6, 6.07) is 7.75. The van der Waals surface area contributed by atoms with Gasteiger partial charge in [-0.15, -0.1) is 0 Å². The van der Waals surface area contributed by atoms with Crippen LogP contribution in [-0.2, 0) is 4.79 Å². The topological polar surface area (TPSA) is 41.6 Å².